The van der Waals surface area contributed by atoms with E-state index in [1.54, 1.807) is 12.1 Å². The molecule has 4 aliphatic rings. The molecule has 0 amide bonds. The maximum atomic E-state index is 9.52. The number of nitrogens with zero attached hydrogens (tertiary/aromatic N) is 4. The average Bonchev–Trinajstić information content (AvgIpc) is 2.39. The molecule has 0 saturated carbocycles. The number of phenols is 2. The molecule has 4 heterocycles. The lowest BCUT2D eigenvalue weighted by Crippen LogP contribution is -2.75. The molecule has 1 aromatic carbocycles. The van der Waals surface area contributed by atoms with Crippen molar-refractivity contribution in [1.82, 2.24) is 14.7 Å². The first kappa shape index (κ1) is 12.1. The Morgan fingerprint density at radius 1 is 0.950 bits per heavy atom. The first-order chi connectivity index (χ1) is 9.62. The van der Waals surface area contributed by atoms with Crippen LogP contribution in [-0.2, 0) is 0 Å². The number of rotatable bonds is 2. The maximum Gasteiger partial charge on any atom is 0.158 e. The zero-order valence-corrected chi connectivity index (χ0v) is 11.2. The number of aliphatic imine (C=N–C) groups is 1. The van der Waals surface area contributed by atoms with Crippen molar-refractivity contribution in [2.75, 3.05) is 39.6 Å². The minimum absolute atomic E-state index is 0.0533. The second-order valence-electron chi connectivity index (χ2n) is 6.14. The molecule has 1 aromatic rings. The molecule has 0 aliphatic carbocycles. The first-order valence-electron chi connectivity index (χ1n) is 6.86. The number of phenolic OH excluding ortho intramolecular Hbond substituents is 2. The van der Waals surface area contributed by atoms with E-state index in [2.05, 4.69) is 14.7 Å². The van der Waals surface area contributed by atoms with Gasteiger partial charge in [0.05, 0.1) is 25.5 Å². The Morgan fingerprint density at radius 2 is 1.55 bits per heavy atom. The molecular formula is C14H18N4O2. The molecule has 2 N–H and O–H groups in total. The van der Waals surface area contributed by atoms with Crippen LogP contribution in [0.2, 0.25) is 0 Å². The quantitative estimate of drug-likeness (QED) is 0.590. The largest absolute Gasteiger partial charge is 0.504 e. The summed E-state index contributed by atoms with van der Waals surface area (Å²) < 4.78 is 0. The van der Waals surface area contributed by atoms with Crippen LogP contribution in [0.5, 0.6) is 11.5 Å². The third kappa shape index (κ3) is 1.96. The molecule has 0 unspecified atom stereocenters. The summed E-state index contributed by atoms with van der Waals surface area (Å²) >= 11 is 0. The minimum atomic E-state index is -0.101. The summed E-state index contributed by atoms with van der Waals surface area (Å²) in [6, 6.07) is 4.80. The molecule has 20 heavy (non-hydrogen) atoms. The molecule has 0 atom stereocenters. The molecule has 5 rings (SSSR count). The summed E-state index contributed by atoms with van der Waals surface area (Å²) in [5, 5.41) is 18.9. The van der Waals surface area contributed by atoms with Crippen LogP contribution in [0, 0.1) is 0 Å². The topological polar surface area (TPSA) is 62.5 Å². The fourth-order valence-corrected chi connectivity index (χ4v) is 3.64. The maximum absolute atomic E-state index is 9.52. The Kier molecular flexibility index (Phi) is 2.54. The van der Waals surface area contributed by atoms with E-state index >= 15 is 0 Å². The molecular weight excluding hydrogens is 256 g/mol. The lowest BCUT2D eigenvalue weighted by atomic mass is 9.91. The lowest BCUT2D eigenvalue weighted by molar-refractivity contribution is -0.139. The van der Waals surface area contributed by atoms with Crippen LogP contribution >= 0.6 is 0 Å². The summed E-state index contributed by atoms with van der Waals surface area (Å²) in [7, 11) is 0. The predicted octanol–water partition coefficient (Wildman–Crippen LogP) is 0.0748. The zero-order chi connectivity index (χ0) is 13.7. The van der Waals surface area contributed by atoms with E-state index in [0.717, 1.165) is 45.2 Å². The fraction of sp³-hybridized carbons (Fsp3) is 0.500. The molecule has 6 nitrogen and oxygen atoms in total. The first-order valence-corrected chi connectivity index (χ1v) is 6.86. The Labute approximate surface area is 117 Å². The van der Waals surface area contributed by atoms with Gasteiger partial charge >= 0.3 is 0 Å². The molecule has 4 bridgehead atoms. The van der Waals surface area contributed by atoms with Gasteiger partial charge in [-0.1, -0.05) is 0 Å². The normalized spacial score (nSPS) is 38.7. The SMILES string of the molecule is Oc1ccc(C=NC23CN4CN(CN(C4)C2)C3)cc1O. The van der Waals surface area contributed by atoms with Crippen molar-refractivity contribution >= 4 is 6.21 Å². The summed E-state index contributed by atoms with van der Waals surface area (Å²) in [5.74, 6) is -0.198. The molecule has 0 aromatic heterocycles. The summed E-state index contributed by atoms with van der Waals surface area (Å²) in [6.07, 6.45) is 1.82. The van der Waals surface area contributed by atoms with Crippen LogP contribution in [0.4, 0.5) is 0 Å². The summed E-state index contributed by atoms with van der Waals surface area (Å²) in [6.45, 7) is 6.15. The molecule has 4 aliphatic heterocycles. The predicted molar refractivity (Wildman–Crippen MR) is 74.8 cm³/mol. The second kappa shape index (κ2) is 4.18. The highest BCUT2D eigenvalue weighted by atomic mass is 16.3. The number of aromatic hydroxyl groups is 2. The van der Waals surface area contributed by atoms with Crippen LogP contribution in [-0.4, -0.2) is 76.3 Å². The van der Waals surface area contributed by atoms with Crippen molar-refractivity contribution in [3.05, 3.63) is 23.8 Å². The van der Waals surface area contributed by atoms with Crippen LogP contribution in [0.15, 0.2) is 23.2 Å². The third-order valence-electron chi connectivity index (χ3n) is 4.24. The Bertz CT molecular complexity index is 537. The summed E-state index contributed by atoms with van der Waals surface area (Å²) in [5.41, 5.74) is 0.762. The van der Waals surface area contributed by atoms with Gasteiger partial charge < -0.3 is 10.2 Å². The van der Waals surface area contributed by atoms with Gasteiger partial charge in [0.15, 0.2) is 11.5 Å². The van der Waals surface area contributed by atoms with Gasteiger partial charge in [0.1, 0.15) is 0 Å². The molecule has 6 heteroatoms. The standard InChI is InChI=1S/C14H18N4O2/c19-12-2-1-11(3-13(12)20)4-15-14-5-16-8-17(6-14)10-18(7-14)9-16/h1-4,19-20H,5-10H2. The van der Waals surface area contributed by atoms with Crippen molar-refractivity contribution in [1.29, 1.82) is 0 Å². The third-order valence-corrected chi connectivity index (χ3v) is 4.24. The van der Waals surface area contributed by atoms with Crippen LogP contribution in [0.25, 0.3) is 0 Å². The molecule has 4 fully saturated rings. The van der Waals surface area contributed by atoms with E-state index < -0.39 is 0 Å². The van der Waals surface area contributed by atoms with Crippen LogP contribution < -0.4 is 0 Å². The lowest BCUT2D eigenvalue weighted by Gasteiger charge is -2.59. The number of hydrogen-bond acceptors (Lipinski definition) is 6. The van der Waals surface area contributed by atoms with Gasteiger partial charge in [-0.2, -0.15) is 0 Å². The highest BCUT2D eigenvalue weighted by Crippen LogP contribution is 2.32. The highest BCUT2D eigenvalue weighted by molar-refractivity contribution is 5.81. The number of benzene rings is 1. The van der Waals surface area contributed by atoms with E-state index in [9.17, 15) is 10.2 Å². The summed E-state index contributed by atoms with van der Waals surface area (Å²) in [4.78, 5) is 12.1. The van der Waals surface area contributed by atoms with E-state index in [-0.39, 0.29) is 17.0 Å². The van der Waals surface area contributed by atoms with E-state index in [1.807, 2.05) is 6.21 Å². The van der Waals surface area contributed by atoms with Crippen molar-refractivity contribution in [3.8, 4) is 11.5 Å². The molecule has 4 saturated heterocycles. The van der Waals surface area contributed by atoms with Gasteiger partial charge in [-0.15, -0.1) is 0 Å². The molecule has 0 spiro atoms. The van der Waals surface area contributed by atoms with Crippen LogP contribution in [0.3, 0.4) is 0 Å². The van der Waals surface area contributed by atoms with Gasteiger partial charge in [0, 0.05) is 25.8 Å². The van der Waals surface area contributed by atoms with Crippen molar-refractivity contribution in [2.24, 2.45) is 4.99 Å². The van der Waals surface area contributed by atoms with Crippen molar-refractivity contribution in [2.45, 2.75) is 5.54 Å². The monoisotopic (exact) mass is 274 g/mol. The smallest absolute Gasteiger partial charge is 0.158 e. The van der Waals surface area contributed by atoms with E-state index in [0.29, 0.717) is 0 Å². The zero-order valence-electron chi connectivity index (χ0n) is 11.2. The Morgan fingerprint density at radius 3 is 2.10 bits per heavy atom. The van der Waals surface area contributed by atoms with Crippen molar-refractivity contribution in [3.63, 3.8) is 0 Å². The Hall–Kier alpha value is -1.63. The Balaban J connectivity index is 1.58. The highest BCUT2D eigenvalue weighted by Gasteiger charge is 2.48. The van der Waals surface area contributed by atoms with Gasteiger partial charge in [0.25, 0.3) is 0 Å². The van der Waals surface area contributed by atoms with Crippen molar-refractivity contribution < 1.29 is 10.2 Å². The van der Waals surface area contributed by atoms with E-state index in [4.69, 9.17) is 4.99 Å². The second-order valence-corrected chi connectivity index (χ2v) is 6.14. The van der Waals surface area contributed by atoms with Gasteiger partial charge in [-0.3, -0.25) is 19.7 Å². The number of hydrogen-bond donors (Lipinski definition) is 2. The van der Waals surface area contributed by atoms with Gasteiger partial charge in [-0.05, 0) is 23.8 Å². The molecule has 0 radical (unpaired) electrons. The van der Waals surface area contributed by atoms with Gasteiger partial charge in [0.2, 0.25) is 0 Å². The van der Waals surface area contributed by atoms with E-state index in [1.165, 1.54) is 6.07 Å². The average molecular weight is 274 g/mol. The minimum Gasteiger partial charge on any atom is -0.504 e. The van der Waals surface area contributed by atoms with Crippen LogP contribution in [0.1, 0.15) is 5.56 Å². The van der Waals surface area contributed by atoms with Gasteiger partial charge in [-0.25, -0.2) is 0 Å². The fourth-order valence-electron chi connectivity index (χ4n) is 3.64. The molecule has 106 valence electrons.